The van der Waals surface area contributed by atoms with Crippen LogP contribution in [-0.4, -0.2) is 24.9 Å². The molecule has 0 radical (unpaired) electrons. The summed E-state index contributed by atoms with van der Waals surface area (Å²) in [7, 11) is -3.93. The van der Waals surface area contributed by atoms with Crippen LogP contribution in [0.25, 0.3) is 0 Å². The Labute approximate surface area is 115 Å². The Kier molecular flexibility index (Phi) is 4.12. The molecule has 1 aromatic heterocycles. The molecule has 1 aromatic carbocycles. The number of nitriles is 1. The number of imidazole rings is 1. The second-order valence-electron chi connectivity index (χ2n) is 3.95. The van der Waals surface area contributed by atoms with Crippen molar-refractivity contribution in [3.8, 4) is 6.07 Å². The fourth-order valence-corrected chi connectivity index (χ4v) is 2.85. The lowest BCUT2D eigenvalue weighted by Gasteiger charge is -2.08. The summed E-state index contributed by atoms with van der Waals surface area (Å²) < 4.78 is 39.8. The molecule has 0 bridgehead atoms. The first-order chi connectivity index (χ1) is 9.54. The van der Waals surface area contributed by atoms with Crippen molar-refractivity contribution in [3.63, 3.8) is 0 Å². The summed E-state index contributed by atoms with van der Waals surface area (Å²) in [5.41, 5.74) is 0.286. The van der Waals surface area contributed by atoms with Gasteiger partial charge in [-0.15, -0.1) is 0 Å². The van der Waals surface area contributed by atoms with E-state index in [4.69, 9.17) is 5.26 Å². The first kappa shape index (κ1) is 14.2. The van der Waals surface area contributed by atoms with E-state index < -0.39 is 21.4 Å². The fourth-order valence-electron chi connectivity index (χ4n) is 1.66. The first-order valence-electron chi connectivity index (χ1n) is 5.70. The van der Waals surface area contributed by atoms with E-state index in [0.717, 1.165) is 11.8 Å². The van der Waals surface area contributed by atoms with Crippen LogP contribution in [0.15, 0.2) is 35.6 Å². The third-order valence-corrected chi connectivity index (χ3v) is 4.12. The van der Waals surface area contributed by atoms with Crippen molar-refractivity contribution in [3.05, 3.63) is 47.8 Å². The van der Waals surface area contributed by atoms with Crippen molar-refractivity contribution in [1.29, 1.82) is 5.26 Å². The number of aromatic nitrogens is 2. The van der Waals surface area contributed by atoms with Crippen molar-refractivity contribution in [1.82, 2.24) is 14.7 Å². The van der Waals surface area contributed by atoms with Gasteiger partial charge in [0.05, 0.1) is 6.33 Å². The number of benzene rings is 1. The molecule has 0 aliphatic heterocycles. The highest BCUT2D eigenvalue weighted by Crippen LogP contribution is 2.17. The van der Waals surface area contributed by atoms with Crippen molar-refractivity contribution in [2.75, 3.05) is 6.54 Å². The molecule has 0 atom stereocenters. The number of sulfonamides is 1. The number of H-pyrrole nitrogens is 1. The zero-order valence-electron chi connectivity index (χ0n) is 10.3. The second kappa shape index (κ2) is 5.81. The van der Waals surface area contributed by atoms with E-state index in [2.05, 4.69) is 14.7 Å². The van der Waals surface area contributed by atoms with Crippen LogP contribution >= 0.6 is 0 Å². The van der Waals surface area contributed by atoms with Gasteiger partial charge >= 0.3 is 0 Å². The first-order valence-corrected chi connectivity index (χ1v) is 7.18. The summed E-state index contributed by atoms with van der Waals surface area (Å²) in [5.74, 6) is -0.857. The number of nitrogens with one attached hydrogen (secondary N) is 2. The average molecular weight is 294 g/mol. The second-order valence-corrected chi connectivity index (χ2v) is 5.68. The number of nitrogens with zero attached hydrogens (tertiary/aromatic N) is 2. The van der Waals surface area contributed by atoms with E-state index in [1.165, 1.54) is 18.5 Å². The lowest BCUT2D eigenvalue weighted by atomic mass is 10.2. The van der Waals surface area contributed by atoms with Crippen LogP contribution in [0.5, 0.6) is 0 Å². The van der Waals surface area contributed by atoms with Gasteiger partial charge in [0.25, 0.3) is 0 Å². The molecule has 0 unspecified atom stereocenters. The van der Waals surface area contributed by atoms with Gasteiger partial charge in [0.2, 0.25) is 10.0 Å². The third-order valence-electron chi connectivity index (χ3n) is 2.62. The van der Waals surface area contributed by atoms with Crippen LogP contribution in [0.3, 0.4) is 0 Å². The SMILES string of the molecule is N#Cc1c(F)cccc1S(=O)(=O)NCCc1cnc[nH]1. The molecule has 2 rings (SSSR count). The molecule has 0 fully saturated rings. The predicted octanol–water partition coefficient (Wildman–Crippen LogP) is 0.941. The number of rotatable bonds is 5. The smallest absolute Gasteiger partial charge is 0.242 e. The molecule has 0 saturated carbocycles. The third kappa shape index (κ3) is 3.01. The van der Waals surface area contributed by atoms with Gasteiger partial charge in [0, 0.05) is 24.9 Å². The molecule has 20 heavy (non-hydrogen) atoms. The van der Waals surface area contributed by atoms with Crippen LogP contribution in [-0.2, 0) is 16.4 Å². The Morgan fingerprint density at radius 2 is 2.25 bits per heavy atom. The lowest BCUT2D eigenvalue weighted by molar-refractivity contribution is 0.576. The van der Waals surface area contributed by atoms with Crippen LogP contribution in [0.1, 0.15) is 11.3 Å². The van der Waals surface area contributed by atoms with Gasteiger partial charge in [-0.25, -0.2) is 22.5 Å². The highest BCUT2D eigenvalue weighted by molar-refractivity contribution is 7.89. The molecule has 6 nitrogen and oxygen atoms in total. The molecule has 8 heteroatoms. The topological polar surface area (TPSA) is 98.6 Å². The van der Waals surface area contributed by atoms with Crippen LogP contribution in [0.4, 0.5) is 4.39 Å². The van der Waals surface area contributed by atoms with E-state index in [1.807, 2.05) is 0 Å². The van der Waals surface area contributed by atoms with Crippen molar-refractivity contribution in [2.24, 2.45) is 0 Å². The van der Waals surface area contributed by atoms with E-state index in [1.54, 1.807) is 12.3 Å². The highest BCUT2D eigenvalue weighted by atomic mass is 32.2. The Hall–Kier alpha value is -2.24. The van der Waals surface area contributed by atoms with Gasteiger partial charge in [-0.3, -0.25) is 0 Å². The summed E-state index contributed by atoms with van der Waals surface area (Å²) in [4.78, 5) is 6.29. The molecule has 2 N–H and O–H groups in total. The van der Waals surface area contributed by atoms with Crippen molar-refractivity contribution >= 4 is 10.0 Å². The number of aromatic amines is 1. The average Bonchev–Trinajstić information content (AvgIpc) is 2.91. The summed E-state index contributed by atoms with van der Waals surface area (Å²) >= 11 is 0. The van der Waals surface area contributed by atoms with E-state index in [-0.39, 0.29) is 11.4 Å². The summed E-state index contributed by atoms with van der Waals surface area (Å²) in [6.45, 7) is 0.117. The molecular formula is C12H11FN4O2S. The van der Waals surface area contributed by atoms with Gasteiger partial charge in [-0.2, -0.15) is 5.26 Å². The number of hydrogen-bond acceptors (Lipinski definition) is 4. The number of halogens is 1. The molecule has 1 heterocycles. The van der Waals surface area contributed by atoms with Crippen LogP contribution in [0.2, 0.25) is 0 Å². The zero-order valence-corrected chi connectivity index (χ0v) is 11.1. The molecular weight excluding hydrogens is 283 g/mol. The van der Waals surface area contributed by atoms with Crippen LogP contribution in [0, 0.1) is 17.1 Å². The zero-order chi connectivity index (χ0) is 14.6. The Morgan fingerprint density at radius 3 is 2.90 bits per heavy atom. The predicted molar refractivity (Wildman–Crippen MR) is 68.6 cm³/mol. The molecule has 0 aliphatic carbocycles. The summed E-state index contributed by atoms with van der Waals surface area (Å²) in [6, 6.07) is 5.05. The molecule has 0 amide bonds. The standard InChI is InChI=1S/C12H11FN4O2S/c13-11-2-1-3-12(10(11)6-14)20(18,19)17-5-4-9-7-15-8-16-9/h1-3,7-8,17H,4-5H2,(H,15,16). The quantitative estimate of drug-likeness (QED) is 0.857. The van der Waals surface area contributed by atoms with Gasteiger partial charge < -0.3 is 4.98 Å². The van der Waals surface area contributed by atoms with E-state index in [9.17, 15) is 12.8 Å². The number of hydrogen-bond donors (Lipinski definition) is 2. The van der Waals surface area contributed by atoms with Gasteiger partial charge in [-0.05, 0) is 12.1 Å². The normalized spacial score (nSPS) is 11.2. The monoisotopic (exact) mass is 294 g/mol. The minimum Gasteiger partial charge on any atom is -0.348 e. The summed E-state index contributed by atoms with van der Waals surface area (Å²) in [6.07, 6.45) is 3.48. The minimum atomic E-state index is -3.93. The van der Waals surface area contributed by atoms with Gasteiger partial charge in [-0.1, -0.05) is 6.07 Å². The Balaban J connectivity index is 2.15. The maximum absolute atomic E-state index is 13.4. The molecule has 0 aliphatic rings. The Morgan fingerprint density at radius 1 is 1.45 bits per heavy atom. The molecule has 0 spiro atoms. The lowest BCUT2D eigenvalue weighted by Crippen LogP contribution is -2.27. The fraction of sp³-hybridized carbons (Fsp3) is 0.167. The van der Waals surface area contributed by atoms with Crippen molar-refractivity contribution in [2.45, 2.75) is 11.3 Å². The van der Waals surface area contributed by atoms with E-state index in [0.29, 0.717) is 6.42 Å². The maximum Gasteiger partial charge on any atom is 0.242 e. The largest absolute Gasteiger partial charge is 0.348 e. The molecule has 2 aromatic rings. The molecule has 104 valence electrons. The minimum absolute atomic E-state index is 0.117. The molecule has 0 saturated heterocycles. The van der Waals surface area contributed by atoms with E-state index >= 15 is 0 Å². The highest BCUT2D eigenvalue weighted by Gasteiger charge is 2.20. The van der Waals surface area contributed by atoms with Crippen molar-refractivity contribution < 1.29 is 12.8 Å². The summed E-state index contributed by atoms with van der Waals surface area (Å²) in [5, 5.41) is 8.84. The maximum atomic E-state index is 13.4. The van der Waals surface area contributed by atoms with Gasteiger partial charge in [0.15, 0.2) is 0 Å². The Bertz CT molecular complexity index is 735. The van der Waals surface area contributed by atoms with Crippen LogP contribution < -0.4 is 4.72 Å². The van der Waals surface area contributed by atoms with Gasteiger partial charge in [0.1, 0.15) is 22.3 Å².